The van der Waals surface area contributed by atoms with Crippen molar-refractivity contribution in [3.05, 3.63) is 24.5 Å². The monoisotopic (exact) mass is 248 g/mol. The lowest BCUT2D eigenvalue weighted by atomic mass is 10.1. The summed E-state index contributed by atoms with van der Waals surface area (Å²) in [5.41, 5.74) is 3.19. The van der Waals surface area contributed by atoms with Gasteiger partial charge in [-0.3, -0.25) is 0 Å². The SMILES string of the molecule is CNc1cnn2cc(N3CCC(F)CC3)ccc12. The van der Waals surface area contributed by atoms with Crippen LogP contribution in [0.3, 0.4) is 0 Å². The van der Waals surface area contributed by atoms with Gasteiger partial charge in [-0.05, 0) is 25.0 Å². The van der Waals surface area contributed by atoms with Gasteiger partial charge in [-0.1, -0.05) is 0 Å². The second kappa shape index (κ2) is 4.48. The van der Waals surface area contributed by atoms with Crippen molar-refractivity contribution in [2.24, 2.45) is 0 Å². The molecule has 0 spiro atoms. The van der Waals surface area contributed by atoms with Crippen molar-refractivity contribution in [1.29, 1.82) is 0 Å². The van der Waals surface area contributed by atoms with E-state index in [1.165, 1.54) is 0 Å². The van der Waals surface area contributed by atoms with E-state index in [0.717, 1.165) is 30.0 Å². The van der Waals surface area contributed by atoms with Crippen LogP contribution in [0.4, 0.5) is 15.8 Å². The van der Waals surface area contributed by atoms with Crippen molar-refractivity contribution < 1.29 is 4.39 Å². The topological polar surface area (TPSA) is 32.6 Å². The molecule has 1 fully saturated rings. The Morgan fingerprint density at radius 1 is 1.33 bits per heavy atom. The van der Waals surface area contributed by atoms with Crippen molar-refractivity contribution >= 4 is 16.9 Å². The molecule has 2 aromatic rings. The quantitative estimate of drug-likeness (QED) is 0.885. The molecule has 0 saturated carbocycles. The Kier molecular flexibility index (Phi) is 2.81. The third kappa shape index (κ3) is 1.89. The molecule has 1 N–H and O–H groups in total. The van der Waals surface area contributed by atoms with Gasteiger partial charge < -0.3 is 10.2 Å². The van der Waals surface area contributed by atoms with Crippen LogP contribution in [0.2, 0.25) is 0 Å². The Hall–Kier alpha value is -1.78. The minimum atomic E-state index is -0.634. The zero-order valence-electron chi connectivity index (χ0n) is 10.4. The number of nitrogens with zero attached hydrogens (tertiary/aromatic N) is 3. The first-order valence-electron chi connectivity index (χ1n) is 6.32. The summed E-state index contributed by atoms with van der Waals surface area (Å²) >= 11 is 0. The molecule has 1 saturated heterocycles. The molecule has 0 bridgehead atoms. The molecule has 0 unspecified atom stereocenters. The number of aromatic nitrogens is 2. The van der Waals surface area contributed by atoms with Gasteiger partial charge in [0.05, 0.1) is 29.3 Å². The van der Waals surface area contributed by atoms with E-state index in [1.54, 1.807) is 0 Å². The number of nitrogens with one attached hydrogen (secondary N) is 1. The zero-order valence-corrected chi connectivity index (χ0v) is 10.4. The first-order chi connectivity index (χ1) is 8.78. The van der Waals surface area contributed by atoms with E-state index in [-0.39, 0.29) is 0 Å². The van der Waals surface area contributed by atoms with E-state index in [9.17, 15) is 4.39 Å². The first kappa shape index (κ1) is 11.3. The van der Waals surface area contributed by atoms with Crippen molar-refractivity contribution in [3.8, 4) is 0 Å². The largest absolute Gasteiger partial charge is 0.385 e. The third-order valence-corrected chi connectivity index (χ3v) is 3.56. The number of pyridine rings is 1. The molecule has 4 nitrogen and oxygen atoms in total. The highest BCUT2D eigenvalue weighted by atomic mass is 19.1. The average Bonchev–Trinajstić information content (AvgIpc) is 2.81. The minimum Gasteiger partial charge on any atom is -0.385 e. The predicted molar refractivity (Wildman–Crippen MR) is 71.1 cm³/mol. The van der Waals surface area contributed by atoms with Crippen molar-refractivity contribution in [2.75, 3.05) is 30.4 Å². The molecular formula is C13H17FN4. The van der Waals surface area contributed by atoms with Crippen molar-refractivity contribution in [1.82, 2.24) is 9.61 Å². The summed E-state index contributed by atoms with van der Waals surface area (Å²) in [6.07, 6.45) is 4.44. The van der Waals surface area contributed by atoms with Gasteiger partial charge in [-0.2, -0.15) is 5.10 Å². The van der Waals surface area contributed by atoms with Gasteiger partial charge in [-0.25, -0.2) is 8.91 Å². The number of piperidine rings is 1. The third-order valence-electron chi connectivity index (χ3n) is 3.56. The number of fused-ring (bicyclic) bond motifs is 1. The molecule has 0 amide bonds. The number of hydrogen-bond acceptors (Lipinski definition) is 3. The van der Waals surface area contributed by atoms with E-state index >= 15 is 0 Å². The highest BCUT2D eigenvalue weighted by molar-refractivity contribution is 5.72. The number of alkyl halides is 1. The van der Waals surface area contributed by atoms with Crippen LogP contribution in [0.1, 0.15) is 12.8 Å². The first-order valence-corrected chi connectivity index (χ1v) is 6.32. The molecule has 1 aliphatic rings. The van der Waals surface area contributed by atoms with E-state index in [1.807, 2.05) is 24.0 Å². The van der Waals surface area contributed by atoms with Gasteiger partial charge in [0.1, 0.15) is 6.17 Å². The second-order valence-electron chi connectivity index (χ2n) is 4.69. The zero-order chi connectivity index (χ0) is 12.5. The van der Waals surface area contributed by atoms with Crippen LogP contribution in [0, 0.1) is 0 Å². The van der Waals surface area contributed by atoms with Crippen LogP contribution in [-0.2, 0) is 0 Å². The van der Waals surface area contributed by atoms with E-state index in [0.29, 0.717) is 12.8 Å². The molecule has 1 aliphatic heterocycles. The van der Waals surface area contributed by atoms with Gasteiger partial charge in [0, 0.05) is 20.1 Å². The van der Waals surface area contributed by atoms with Crippen LogP contribution in [0.15, 0.2) is 24.5 Å². The molecule has 3 heterocycles. The van der Waals surface area contributed by atoms with Crippen LogP contribution < -0.4 is 10.2 Å². The highest BCUT2D eigenvalue weighted by Gasteiger charge is 2.19. The summed E-state index contributed by atoms with van der Waals surface area (Å²) in [5.74, 6) is 0. The number of anilines is 2. The van der Waals surface area contributed by atoms with Crippen LogP contribution in [-0.4, -0.2) is 35.9 Å². The molecule has 0 atom stereocenters. The van der Waals surface area contributed by atoms with Crippen LogP contribution in [0.25, 0.3) is 5.52 Å². The molecule has 5 heteroatoms. The summed E-state index contributed by atoms with van der Waals surface area (Å²) < 4.78 is 15.0. The number of rotatable bonds is 2. The lowest BCUT2D eigenvalue weighted by Gasteiger charge is -2.30. The van der Waals surface area contributed by atoms with Crippen molar-refractivity contribution in [2.45, 2.75) is 19.0 Å². The Labute approximate surface area is 105 Å². The van der Waals surface area contributed by atoms with E-state index in [2.05, 4.69) is 27.4 Å². The Morgan fingerprint density at radius 3 is 2.83 bits per heavy atom. The van der Waals surface area contributed by atoms with Gasteiger partial charge in [0.15, 0.2) is 0 Å². The summed E-state index contributed by atoms with van der Waals surface area (Å²) in [6, 6.07) is 4.13. The Balaban J connectivity index is 1.89. The van der Waals surface area contributed by atoms with Crippen LogP contribution >= 0.6 is 0 Å². The fraction of sp³-hybridized carbons (Fsp3) is 0.462. The average molecular weight is 248 g/mol. The Bertz CT molecular complexity index is 543. The summed E-state index contributed by atoms with van der Waals surface area (Å²) in [6.45, 7) is 1.57. The van der Waals surface area contributed by atoms with Gasteiger partial charge >= 0.3 is 0 Å². The summed E-state index contributed by atoms with van der Waals surface area (Å²) in [5, 5.41) is 7.42. The van der Waals surface area contributed by atoms with Gasteiger partial charge in [0.25, 0.3) is 0 Å². The predicted octanol–water partition coefficient (Wildman–Crippen LogP) is 2.31. The van der Waals surface area contributed by atoms with Gasteiger partial charge in [-0.15, -0.1) is 0 Å². The van der Waals surface area contributed by atoms with Crippen LogP contribution in [0.5, 0.6) is 0 Å². The fourth-order valence-corrected chi connectivity index (χ4v) is 2.46. The second-order valence-corrected chi connectivity index (χ2v) is 4.69. The lowest BCUT2D eigenvalue weighted by molar-refractivity contribution is 0.277. The maximum absolute atomic E-state index is 13.1. The summed E-state index contributed by atoms with van der Waals surface area (Å²) in [4.78, 5) is 2.22. The highest BCUT2D eigenvalue weighted by Crippen LogP contribution is 2.24. The van der Waals surface area contributed by atoms with Gasteiger partial charge in [0.2, 0.25) is 0 Å². The molecule has 18 heavy (non-hydrogen) atoms. The molecule has 0 aliphatic carbocycles. The minimum absolute atomic E-state index is 0.624. The molecule has 2 aromatic heterocycles. The smallest absolute Gasteiger partial charge is 0.103 e. The standard InChI is InChI=1S/C13H17FN4/c1-15-12-8-16-18-9-11(2-3-13(12)18)17-6-4-10(14)5-7-17/h2-3,8-10,15H,4-7H2,1H3. The molecule has 96 valence electrons. The molecular weight excluding hydrogens is 231 g/mol. The van der Waals surface area contributed by atoms with E-state index < -0.39 is 6.17 Å². The molecule has 3 rings (SSSR count). The van der Waals surface area contributed by atoms with Crippen molar-refractivity contribution in [3.63, 3.8) is 0 Å². The number of halogens is 1. The molecule has 0 radical (unpaired) electrons. The number of hydrogen-bond donors (Lipinski definition) is 1. The molecule has 0 aromatic carbocycles. The van der Waals surface area contributed by atoms with E-state index in [4.69, 9.17) is 0 Å². The maximum Gasteiger partial charge on any atom is 0.103 e. The normalized spacial score (nSPS) is 17.3. The summed E-state index contributed by atoms with van der Waals surface area (Å²) in [7, 11) is 1.89. The Morgan fingerprint density at radius 2 is 2.11 bits per heavy atom. The lowest BCUT2D eigenvalue weighted by Crippen LogP contribution is -2.34. The fourth-order valence-electron chi connectivity index (χ4n) is 2.46. The maximum atomic E-state index is 13.1.